The molecule has 7 rings (SSSR count). The second-order valence-corrected chi connectivity index (χ2v) is 12.4. The van der Waals surface area contributed by atoms with Gasteiger partial charge >= 0.3 is 5.97 Å². The molecule has 6 saturated heterocycles. The summed E-state index contributed by atoms with van der Waals surface area (Å²) in [7, 11) is 0. The SMILES string of the molecule is C1OC1CO[C@H]1COC2C1OC[C@H]2OCC1CO1.C=CCO[C@H]1COC2C1OC[C@H]2OCC=C.ClCCl.O=C(OO)c1cccc(Cl)c1. The first-order chi connectivity index (χ1) is 23.4. The number of carbonyl (C=O) groups is 1. The molecule has 0 aliphatic carbocycles. The summed E-state index contributed by atoms with van der Waals surface area (Å²) >= 11 is 15.1. The molecule has 0 radical (unpaired) electrons. The minimum Gasteiger partial charge on any atom is -0.371 e. The first kappa shape index (κ1) is 39.4. The maximum absolute atomic E-state index is 10.6. The van der Waals surface area contributed by atoms with Crippen molar-refractivity contribution in [2.75, 3.05) is 71.4 Å². The van der Waals surface area contributed by atoms with Gasteiger partial charge < -0.3 is 47.4 Å². The van der Waals surface area contributed by atoms with E-state index in [9.17, 15) is 4.79 Å². The molecule has 0 bridgehead atoms. The summed E-state index contributed by atoms with van der Waals surface area (Å²) < 4.78 is 55.8. The van der Waals surface area contributed by atoms with E-state index < -0.39 is 5.97 Å². The zero-order valence-electron chi connectivity index (χ0n) is 26.4. The number of hydrogen-bond donors (Lipinski definition) is 1. The van der Waals surface area contributed by atoms with Crippen LogP contribution in [-0.2, 0) is 52.3 Å². The van der Waals surface area contributed by atoms with Crippen LogP contribution in [0.1, 0.15) is 10.4 Å². The van der Waals surface area contributed by atoms with Crippen molar-refractivity contribution in [1.82, 2.24) is 0 Å². The quantitative estimate of drug-likeness (QED) is 0.103. The van der Waals surface area contributed by atoms with E-state index in [1.807, 2.05) is 0 Å². The predicted molar refractivity (Wildman–Crippen MR) is 174 cm³/mol. The Kier molecular flexibility index (Phi) is 17.3. The van der Waals surface area contributed by atoms with Gasteiger partial charge in [-0.15, -0.1) is 36.4 Å². The number of halogens is 3. The minimum atomic E-state index is -0.813. The van der Waals surface area contributed by atoms with Crippen molar-refractivity contribution in [3.63, 3.8) is 0 Å². The van der Waals surface area contributed by atoms with Crippen LogP contribution in [0.25, 0.3) is 0 Å². The molecular formula is C32H43Cl3O13. The van der Waals surface area contributed by atoms with Crippen molar-refractivity contribution in [2.45, 2.75) is 61.0 Å². The summed E-state index contributed by atoms with van der Waals surface area (Å²) in [5.41, 5.74) is 0.222. The monoisotopic (exact) mass is 740 g/mol. The van der Waals surface area contributed by atoms with Crippen LogP contribution in [0.4, 0.5) is 0 Å². The van der Waals surface area contributed by atoms with Crippen LogP contribution in [0.5, 0.6) is 0 Å². The lowest BCUT2D eigenvalue weighted by Crippen LogP contribution is -2.35. The van der Waals surface area contributed by atoms with Crippen molar-refractivity contribution < 1.29 is 62.3 Å². The van der Waals surface area contributed by atoms with Crippen molar-refractivity contribution in [3.8, 4) is 0 Å². The molecule has 0 spiro atoms. The summed E-state index contributed by atoms with van der Waals surface area (Å²) in [5.74, 6) is -0.813. The predicted octanol–water partition coefficient (Wildman–Crippen LogP) is 3.67. The molecule has 16 heteroatoms. The van der Waals surface area contributed by atoms with Gasteiger partial charge in [0.15, 0.2) is 0 Å². The Labute approximate surface area is 295 Å². The zero-order valence-corrected chi connectivity index (χ0v) is 28.7. The lowest BCUT2D eigenvalue weighted by Gasteiger charge is -2.16. The Bertz CT molecular complexity index is 1070. The zero-order chi connectivity index (χ0) is 34.3. The van der Waals surface area contributed by atoms with E-state index in [1.54, 1.807) is 24.3 Å². The van der Waals surface area contributed by atoms with E-state index in [0.29, 0.717) is 57.9 Å². The van der Waals surface area contributed by atoms with Crippen molar-refractivity contribution in [2.24, 2.45) is 0 Å². The van der Waals surface area contributed by atoms with Gasteiger partial charge in [0.05, 0.1) is 77.0 Å². The van der Waals surface area contributed by atoms with E-state index in [4.69, 9.17) is 87.4 Å². The first-order valence-corrected chi connectivity index (χ1v) is 17.0. The molecule has 48 heavy (non-hydrogen) atoms. The molecule has 1 aromatic rings. The summed E-state index contributed by atoms with van der Waals surface area (Å²) in [6.45, 7) is 13.5. The van der Waals surface area contributed by atoms with Crippen LogP contribution in [0.3, 0.4) is 0 Å². The van der Waals surface area contributed by atoms with Gasteiger partial charge in [-0.3, -0.25) is 4.89 Å². The highest BCUT2D eigenvalue weighted by atomic mass is 35.5. The average Bonchev–Trinajstić information content (AvgIpc) is 3.93. The smallest absolute Gasteiger partial charge is 0.371 e. The number of benzene rings is 1. The lowest BCUT2D eigenvalue weighted by atomic mass is 10.1. The number of alkyl halides is 2. The number of fused-ring (bicyclic) bond motifs is 2. The van der Waals surface area contributed by atoms with Gasteiger partial charge in [0.2, 0.25) is 0 Å². The largest absolute Gasteiger partial charge is 0.372 e. The molecule has 0 amide bonds. The van der Waals surface area contributed by atoms with Gasteiger partial charge in [0, 0.05) is 5.02 Å². The van der Waals surface area contributed by atoms with E-state index in [1.165, 1.54) is 12.1 Å². The van der Waals surface area contributed by atoms with E-state index >= 15 is 0 Å². The number of epoxide rings is 2. The van der Waals surface area contributed by atoms with Crippen LogP contribution in [0, 0.1) is 0 Å². The van der Waals surface area contributed by atoms with Gasteiger partial charge in [-0.05, 0) is 18.2 Å². The topological polar surface area (TPSA) is 145 Å². The molecule has 6 aliphatic rings. The fraction of sp³-hybridized carbons (Fsp3) is 0.656. The second-order valence-electron chi connectivity index (χ2n) is 11.2. The van der Waals surface area contributed by atoms with Gasteiger partial charge in [0.25, 0.3) is 0 Å². The van der Waals surface area contributed by atoms with Crippen molar-refractivity contribution in [3.05, 3.63) is 60.2 Å². The van der Waals surface area contributed by atoms with Gasteiger partial charge in [-0.1, -0.05) is 29.8 Å². The first-order valence-electron chi connectivity index (χ1n) is 15.5. The van der Waals surface area contributed by atoms with Crippen LogP contribution >= 0.6 is 34.8 Å². The Morgan fingerprint density at radius 1 is 0.729 bits per heavy atom. The molecule has 270 valence electrons. The number of rotatable bonds is 13. The minimum absolute atomic E-state index is 0.000307. The molecule has 6 fully saturated rings. The maximum Gasteiger partial charge on any atom is 0.372 e. The molecule has 10 atom stereocenters. The third-order valence-electron chi connectivity index (χ3n) is 7.72. The maximum atomic E-state index is 10.6. The highest BCUT2D eigenvalue weighted by molar-refractivity contribution is 6.40. The van der Waals surface area contributed by atoms with Gasteiger partial charge in [0.1, 0.15) is 61.0 Å². The Balaban J connectivity index is 0.000000160. The molecule has 0 aromatic heterocycles. The van der Waals surface area contributed by atoms with Crippen molar-refractivity contribution in [1.29, 1.82) is 0 Å². The average molecular weight is 742 g/mol. The summed E-state index contributed by atoms with van der Waals surface area (Å²) in [4.78, 5) is 14.1. The summed E-state index contributed by atoms with van der Waals surface area (Å²) in [5, 5.41) is 8.60. The molecular weight excluding hydrogens is 699 g/mol. The normalized spacial score (nSPS) is 33.4. The lowest BCUT2D eigenvalue weighted by molar-refractivity contribution is -0.182. The highest BCUT2D eigenvalue weighted by Gasteiger charge is 2.50. The van der Waals surface area contributed by atoms with Crippen LogP contribution < -0.4 is 0 Å². The molecule has 6 unspecified atom stereocenters. The Morgan fingerprint density at radius 2 is 1.12 bits per heavy atom. The third-order valence-corrected chi connectivity index (χ3v) is 7.96. The van der Waals surface area contributed by atoms with Crippen LogP contribution in [0.2, 0.25) is 5.02 Å². The van der Waals surface area contributed by atoms with Crippen LogP contribution in [-0.4, -0.2) is 144 Å². The second kappa shape index (κ2) is 21.1. The number of hydrogen-bond acceptors (Lipinski definition) is 13. The molecule has 1 N–H and O–H groups in total. The van der Waals surface area contributed by atoms with E-state index in [-0.39, 0.29) is 71.9 Å². The Morgan fingerprint density at radius 3 is 1.46 bits per heavy atom. The third kappa shape index (κ3) is 12.4. The molecule has 6 heterocycles. The fourth-order valence-corrected chi connectivity index (χ4v) is 5.46. The molecule has 6 aliphatic heterocycles. The number of carbonyl (C=O) groups excluding carboxylic acids is 1. The van der Waals surface area contributed by atoms with E-state index in [2.05, 4.69) is 18.0 Å². The standard InChI is InChI=1S/C12H18O6.C12H18O4.C7H5ClO3.CH2Cl2/c1-7(13-1)3-15-9-5-17-12-10(6-18-11(9)12)16-4-8-2-14-8;1-3-5-13-9-7-15-12-10(14-6-4-2)8-16-11(9)12;8-6-3-1-2-5(4-6)7(9)11-10;2-1-3/h7-12H,1-6H2;3-4,9-12H,1-2,5-8H2;1-4,10H;1H2/t7?,8?,9-,10+,11?,12?;9-,10+,11?,12?;;. The fourth-order valence-electron chi connectivity index (χ4n) is 5.27. The number of ether oxygens (including phenoxy) is 10. The summed E-state index contributed by atoms with van der Waals surface area (Å²) in [6, 6.07) is 6.11. The van der Waals surface area contributed by atoms with Gasteiger partial charge in [-0.2, -0.15) is 5.26 Å². The molecule has 1 aromatic carbocycles. The Hall–Kier alpha value is -1.40. The summed E-state index contributed by atoms with van der Waals surface area (Å²) in [6.07, 6.45) is 4.07. The molecule has 13 nitrogen and oxygen atoms in total. The van der Waals surface area contributed by atoms with Gasteiger partial charge in [-0.25, -0.2) is 4.79 Å². The highest BCUT2D eigenvalue weighted by Crippen LogP contribution is 2.32. The van der Waals surface area contributed by atoms with Crippen LogP contribution in [0.15, 0.2) is 49.6 Å². The van der Waals surface area contributed by atoms with E-state index in [0.717, 1.165) is 13.2 Å². The molecule has 0 saturated carbocycles. The van der Waals surface area contributed by atoms with Crippen molar-refractivity contribution >= 4 is 40.8 Å².